The summed E-state index contributed by atoms with van der Waals surface area (Å²) in [5.41, 5.74) is 2.96. The number of carbonyl (C=O) groups is 2. The number of aryl methyl sites for hydroxylation is 3. The summed E-state index contributed by atoms with van der Waals surface area (Å²) >= 11 is 0.847. The maximum atomic E-state index is 13.1. The first-order valence-corrected chi connectivity index (χ1v) is 11.2. The number of aliphatic carboxylic acids is 1. The number of carboxylic acids is 1. The van der Waals surface area contributed by atoms with Gasteiger partial charge in [-0.25, -0.2) is 0 Å². The maximum absolute atomic E-state index is 13.1. The highest BCUT2D eigenvalue weighted by molar-refractivity contribution is 8.04. The number of carboxylic acid groups (broad SMARTS) is 1. The van der Waals surface area contributed by atoms with Gasteiger partial charge in [0, 0.05) is 11.1 Å². The Labute approximate surface area is 173 Å². The Balaban J connectivity index is 2.17. The molecule has 0 unspecified atom stereocenters. The molecule has 0 atom stereocenters. The van der Waals surface area contributed by atoms with E-state index in [-0.39, 0.29) is 27.0 Å². The van der Waals surface area contributed by atoms with Crippen LogP contribution in [0, 0.1) is 20.8 Å². The number of allylic oxidation sites excluding steroid dienone is 2. The van der Waals surface area contributed by atoms with Crippen molar-refractivity contribution in [2.45, 2.75) is 25.7 Å². The number of hydrogen-bond donors (Lipinski definition) is 1. The average molecular weight is 430 g/mol. The van der Waals surface area contributed by atoms with Crippen LogP contribution in [0.5, 0.6) is 0 Å². The van der Waals surface area contributed by atoms with Crippen molar-refractivity contribution in [1.29, 1.82) is 0 Å². The van der Waals surface area contributed by atoms with Crippen LogP contribution >= 0.6 is 11.8 Å². The lowest BCUT2D eigenvalue weighted by atomic mass is 9.94. The number of rotatable bonds is 5. The van der Waals surface area contributed by atoms with Crippen LogP contribution in [0.25, 0.3) is 0 Å². The largest absolute Gasteiger partial charge is 0.481 e. The Kier molecular flexibility index (Phi) is 5.77. The minimum atomic E-state index is -4.05. The summed E-state index contributed by atoms with van der Waals surface area (Å²) < 4.78 is 30.3. The molecule has 0 saturated carbocycles. The minimum Gasteiger partial charge on any atom is -0.481 e. The van der Waals surface area contributed by atoms with E-state index in [2.05, 4.69) is 4.40 Å². The van der Waals surface area contributed by atoms with Gasteiger partial charge in [-0.2, -0.15) is 12.8 Å². The van der Waals surface area contributed by atoms with Gasteiger partial charge in [0.2, 0.25) is 0 Å². The monoisotopic (exact) mass is 429 g/mol. The van der Waals surface area contributed by atoms with Crippen LogP contribution in [0.2, 0.25) is 0 Å². The Hall–Kier alpha value is -2.71. The average Bonchev–Trinajstić information content (AvgIpc) is 2.61. The van der Waals surface area contributed by atoms with Crippen molar-refractivity contribution >= 4 is 39.2 Å². The first-order chi connectivity index (χ1) is 13.6. The number of hydrogen-bond acceptors (Lipinski definition) is 5. The van der Waals surface area contributed by atoms with E-state index in [0.717, 1.165) is 17.3 Å². The van der Waals surface area contributed by atoms with Gasteiger partial charge in [0.1, 0.15) is 0 Å². The van der Waals surface area contributed by atoms with Gasteiger partial charge in [0.25, 0.3) is 10.0 Å². The number of nitrogens with zero attached hydrogens (tertiary/aromatic N) is 1. The summed E-state index contributed by atoms with van der Waals surface area (Å²) in [4.78, 5) is 23.9. The molecular weight excluding hydrogens is 410 g/mol. The van der Waals surface area contributed by atoms with E-state index in [0.29, 0.717) is 22.3 Å². The van der Waals surface area contributed by atoms with Crippen LogP contribution in [0.3, 0.4) is 0 Å². The molecule has 0 fully saturated rings. The van der Waals surface area contributed by atoms with Gasteiger partial charge in [0.05, 0.1) is 21.3 Å². The van der Waals surface area contributed by atoms with Crippen LogP contribution in [0.4, 0.5) is 0 Å². The first-order valence-electron chi connectivity index (χ1n) is 8.73. The predicted molar refractivity (Wildman–Crippen MR) is 113 cm³/mol. The SMILES string of the molecule is Cc1cc(C)c(S(=O)(=O)/N=C2/C=C(SCC(=O)O)C(=O)c3ccccc32)c(C)c1. The summed E-state index contributed by atoms with van der Waals surface area (Å²) in [5.74, 6) is -1.72. The van der Waals surface area contributed by atoms with Crippen molar-refractivity contribution in [3.05, 3.63) is 75.2 Å². The molecule has 0 saturated heterocycles. The Bertz CT molecular complexity index is 1170. The lowest BCUT2D eigenvalue weighted by molar-refractivity contribution is -0.133. The molecule has 1 N–H and O–H groups in total. The van der Waals surface area contributed by atoms with Crippen molar-refractivity contribution in [2.24, 2.45) is 4.40 Å². The molecule has 0 bridgehead atoms. The molecule has 0 aliphatic heterocycles. The van der Waals surface area contributed by atoms with E-state index in [1.165, 1.54) is 6.08 Å². The zero-order valence-corrected chi connectivity index (χ0v) is 17.7. The lowest BCUT2D eigenvalue weighted by Crippen LogP contribution is -2.18. The van der Waals surface area contributed by atoms with E-state index in [1.807, 2.05) is 6.92 Å². The number of thioether (sulfide) groups is 1. The van der Waals surface area contributed by atoms with Crippen molar-refractivity contribution in [1.82, 2.24) is 0 Å². The third kappa shape index (κ3) is 4.33. The lowest BCUT2D eigenvalue weighted by Gasteiger charge is -2.17. The number of Topliss-reactive ketones (excluding diaryl/α,β-unsaturated/α-hetero) is 1. The number of fused-ring (bicyclic) bond motifs is 1. The van der Waals surface area contributed by atoms with Gasteiger partial charge in [-0.1, -0.05) is 42.0 Å². The third-order valence-electron chi connectivity index (χ3n) is 4.37. The fraction of sp³-hybridized carbons (Fsp3) is 0.190. The van der Waals surface area contributed by atoms with Gasteiger partial charge in [-0.15, -0.1) is 11.8 Å². The highest BCUT2D eigenvalue weighted by Gasteiger charge is 2.27. The number of ketones is 1. The van der Waals surface area contributed by atoms with Crippen LogP contribution < -0.4 is 0 Å². The third-order valence-corrected chi connectivity index (χ3v) is 6.97. The molecule has 29 heavy (non-hydrogen) atoms. The zero-order chi connectivity index (χ0) is 21.3. The molecule has 0 amide bonds. The predicted octanol–water partition coefficient (Wildman–Crippen LogP) is 3.69. The zero-order valence-electron chi connectivity index (χ0n) is 16.1. The second-order valence-corrected chi connectivity index (χ2v) is 9.30. The normalized spacial score (nSPS) is 15.2. The van der Waals surface area contributed by atoms with Crippen molar-refractivity contribution in [3.63, 3.8) is 0 Å². The van der Waals surface area contributed by atoms with Crippen molar-refractivity contribution in [2.75, 3.05) is 5.75 Å². The van der Waals surface area contributed by atoms with E-state index in [4.69, 9.17) is 5.11 Å². The maximum Gasteiger partial charge on any atom is 0.313 e. The quantitative estimate of drug-likeness (QED) is 0.778. The van der Waals surface area contributed by atoms with Gasteiger partial charge < -0.3 is 5.11 Å². The highest BCUT2D eigenvalue weighted by atomic mass is 32.2. The summed E-state index contributed by atoms with van der Waals surface area (Å²) in [7, 11) is -4.05. The van der Waals surface area contributed by atoms with Crippen molar-refractivity contribution in [3.8, 4) is 0 Å². The molecule has 3 rings (SSSR count). The summed E-state index contributed by atoms with van der Waals surface area (Å²) in [6, 6.07) is 10.1. The molecule has 0 spiro atoms. The molecule has 1 aliphatic carbocycles. The summed E-state index contributed by atoms with van der Waals surface area (Å²) in [6.07, 6.45) is 1.36. The molecule has 0 aromatic heterocycles. The summed E-state index contributed by atoms with van der Waals surface area (Å²) in [5, 5.41) is 8.92. The number of benzene rings is 2. The van der Waals surface area contributed by atoms with Crippen LogP contribution in [-0.4, -0.2) is 36.7 Å². The smallest absolute Gasteiger partial charge is 0.313 e. The number of sulfonamides is 1. The molecule has 0 radical (unpaired) electrons. The first kappa shape index (κ1) is 21.0. The highest BCUT2D eigenvalue weighted by Crippen LogP contribution is 2.30. The van der Waals surface area contributed by atoms with Crippen LogP contribution in [-0.2, 0) is 14.8 Å². The number of carbonyl (C=O) groups excluding carboxylic acids is 1. The Morgan fingerprint density at radius 3 is 2.24 bits per heavy atom. The molecule has 8 heteroatoms. The Morgan fingerprint density at radius 2 is 1.66 bits per heavy atom. The second kappa shape index (κ2) is 7.96. The molecule has 2 aromatic rings. The van der Waals surface area contributed by atoms with E-state index in [9.17, 15) is 18.0 Å². The van der Waals surface area contributed by atoms with Gasteiger partial charge in [-0.3, -0.25) is 9.59 Å². The van der Waals surface area contributed by atoms with E-state index < -0.39 is 16.0 Å². The van der Waals surface area contributed by atoms with Gasteiger partial charge in [-0.05, 0) is 38.0 Å². The molecule has 2 aromatic carbocycles. The van der Waals surface area contributed by atoms with Gasteiger partial charge >= 0.3 is 5.97 Å². The van der Waals surface area contributed by atoms with Crippen molar-refractivity contribution < 1.29 is 23.1 Å². The minimum absolute atomic E-state index is 0.118. The molecule has 0 heterocycles. The van der Waals surface area contributed by atoms with E-state index >= 15 is 0 Å². The summed E-state index contributed by atoms with van der Waals surface area (Å²) in [6.45, 7) is 5.32. The van der Waals surface area contributed by atoms with Crippen LogP contribution in [0.15, 0.2) is 56.7 Å². The fourth-order valence-corrected chi connectivity index (χ4v) is 5.52. The second-order valence-electron chi connectivity index (χ2n) is 6.75. The van der Waals surface area contributed by atoms with E-state index in [1.54, 1.807) is 50.2 Å². The molecule has 150 valence electrons. The topological polar surface area (TPSA) is 101 Å². The molecule has 6 nitrogen and oxygen atoms in total. The molecular formula is C21H19NO5S2. The van der Waals surface area contributed by atoms with Crippen LogP contribution in [0.1, 0.15) is 32.6 Å². The van der Waals surface area contributed by atoms with Gasteiger partial charge in [0.15, 0.2) is 5.78 Å². The fourth-order valence-electron chi connectivity index (χ4n) is 3.38. The Morgan fingerprint density at radius 1 is 1.07 bits per heavy atom. The standard InChI is InChI=1S/C21H19NO5S2/c1-12-8-13(2)21(14(3)9-12)29(26,27)22-17-10-18(28-11-19(23)24)20(25)16-7-5-4-6-15(16)17/h4-10H,11H2,1-3H3,(H,23,24)/b22-17-. The molecule has 1 aliphatic rings.